The van der Waals surface area contributed by atoms with Gasteiger partial charge in [-0.3, -0.25) is 4.79 Å². The van der Waals surface area contributed by atoms with Gasteiger partial charge in [0.25, 0.3) is 0 Å². The molecular weight excluding hydrogens is 401 g/mol. The van der Waals surface area contributed by atoms with Crippen LogP contribution in [0.4, 0.5) is 0 Å². The molecule has 6 nitrogen and oxygen atoms in total. The van der Waals surface area contributed by atoms with Crippen LogP contribution in [0.1, 0.15) is 12.5 Å². The topological polar surface area (TPSA) is 74.4 Å². The van der Waals surface area contributed by atoms with E-state index in [9.17, 15) is 9.59 Å². The van der Waals surface area contributed by atoms with Crippen molar-refractivity contribution in [2.24, 2.45) is 0 Å². The van der Waals surface area contributed by atoms with Crippen LogP contribution in [0, 0.1) is 0 Å². The minimum atomic E-state index is -0.786. The van der Waals surface area contributed by atoms with Gasteiger partial charge in [-0.15, -0.1) is 23.2 Å². The van der Waals surface area contributed by atoms with Gasteiger partial charge in [0.2, 0.25) is 5.91 Å². The molecule has 0 aliphatic rings. The van der Waals surface area contributed by atoms with Gasteiger partial charge in [0.1, 0.15) is 6.04 Å². The lowest BCUT2D eigenvalue weighted by atomic mass is 10.0. The van der Waals surface area contributed by atoms with Crippen LogP contribution in [0.3, 0.4) is 0 Å². The number of para-hydroxylation sites is 1. The number of nitrogens with zero attached hydrogens (tertiary/aromatic N) is 1. The molecule has 152 valence electrons. The highest BCUT2D eigenvalue weighted by Crippen LogP contribution is 2.19. The van der Waals surface area contributed by atoms with E-state index in [-0.39, 0.29) is 12.5 Å². The van der Waals surface area contributed by atoms with Gasteiger partial charge in [0.05, 0.1) is 6.61 Å². The number of aromatic nitrogens is 1. The number of H-pyrrole nitrogens is 1. The largest absolute Gasteiger partial charge is 0.464 e. The first kappa shape index (κ1) is 22.1. The Morgan fingerprint density at radius 2 is 1.96 bits per heavy atom. The van der Waals surface area contributed by atoms with Crippen LogP contribution in [0.2, 0.25) is 0 Å². The first-order valence-corrected chi connectivity index (χ1v) is 10.2. The highest BCUT2D eigenvalue weighted by molar-refractivity contribution is 6.18. The summed E-state index contributed by atoms with van der Waals surface area (Å²) in [6.45, 7) is 3.14. The second-order valence-corrected chi connectivity index (χ2v) is 6.86. The van der Waals surface area contributed by atoms with Crippen LogP contribution < -0.4 is 5.32 Å². The third-order valence-electron chi connectivity index (χ3n) is 4.17. The van der Waals surface area contributed by atoms with Gasteiger partial charge in [0, 0.05) is 60.6 Å². The molecule has 0 fully saturated rings. The fourth-order valence-corrected chi connectivity index (χ4v) is 3.26. The summed E-state index contributed by atoms with van der Waals surface area (Å²) in [6, 6.07) is 7.02. The van der Waals surface area contributed by atoms with E-state index in [0.717, 1.165) is 16.5 Å². The normalized spacial score (nSPS) is 12.2. The van der Waals surface area contributed by atoms with Crippen LogP contribution in [0.5, 0.6) is 0 Å². The zero-order valence-corrected chi connectivity index (χ0v) is 17.3. The van der Waals surface area contributed by atoms with Gasteiger partial charge in [0.15, 0.2) is 0 Å². The number of ether oxygens (including phenoxy) is 1. The minimum absolute atomic E-state index is 0.244. The maximum Gasteiger partial charge on any atom is 0.328 e. The van der Waals surface area contributed by atoms with Crippen molar-refractivity contribution in [3.63, 3.8) is 0 Å². The van der Waals surface area contributed by atoms with Crippen molar-refractivity contribution in [1.82, 2.24) is 15.2 Å². The predicted molar refractivity (Wildman–Crippen MR) is 113 cm³/mol. The van der Waals surface area contributed by atoms with E-state index >= 15 is 0 Å². The highest BCUT2D eigenvalue weighted by atomic mass is 35.5. The zero-order chi connectivity index (χ0) is 20.4. The standard InChI is InChI=1S/C20H25Cl2N3O3/c1-2-28-20(27)18(13-15-14-23-17-6-4-3-5-16(15)17)24-19(26)7-10-25(11-8-21)12-9-22/h3-7,10,14,18,23H,2,8-9,11-13H2,1H3,(H,24,26)/b10-7+/t18-/m1/s1. The van der Waals surface area contributed by atoms with Crippen molar-refractivity contribution in [2.75, 3.05) is 31.5 Å². The Hall–Kier alpha value is -2.18. The van der Waals surface area contributed by atoms with E-state index in [2.05, 4.69) is 10.3 Å². The fraction of sp³-hybridized carbons (Fsp3) is 0.400. The molecule has 0 unspecified atom stereocenters. The average Bonchev–Trinajstić information content (AvgIpc) is 3.09. The third-order valence-corrected chi connectivity index (χ3v) is 4.50. The first-order valence-electron chi connectivity index (χ1n) is 9.15. The van der Waals surface area contributed by atoms with Crippen molar-refractivity contribution in [2.45, 2.75) is 19.4 Å². The molecule has 28 heavy (non-hydrogen) atoms. The van der Waals surface area contributed by atoms with Crippen molar-refractivity contribution in [1.29, 1.82) is 0 Å². The average molecular weight is 426 g/mol. The number of nitrogens with one attached hydrogen (secondary N) is 2. The Balaban J connectivity index is 2.10. The number of amides is 1. The highest BCUT2D eigenvalue weighted by Gasteiger charge is 2.23. The molecule has 8 heteroatoms. The lowest BCUT2D eigenvalue weighted by Crippen LogP contribution is -2.42. The minimum Gasteiger partial charge on any atom is -0.464 e. The van der Waals surface area contributed by atoms with Gasteiger partial charge in [-0.25, -0.2) is 4.79 Å². The lowest BCUT2D eigenvalue weighted by Gasteiger charge is -2.18. The van der Waals surface area contributed by atoms with E-state index in [1.165, 1.54) is 6.08 Å². The van der Waals surface area contributed by atoms with Crippen LogP contribution in [-0.2, 0) is 20.7 Å². The second-order valence-electron chi connectivity index (χ2n) is 6.11. The van der Waals surface area contributed by atoms with Gasteiger partial charge in [-0.2, -0.15) is 0 Å². The lowest BCUT2D eigenvalue weighted by molar-refractivity contribution is -0.146. The number of carbonyl (C=O) groups excluding carboxylic acids is 2. The van der Waals surface area contributed by atoms with E-state index in [0.29, 0.717) is 31.3 Å². The number of benzene rings is 1. The molecule has 0 radical (unpaired) electrons. The number of rotatable bonds is 11. The molecule has 1 atom stereocenters. The number of fused-ring (bicyclic) bond motifs is 1. The number of hydrogen-bond donors (Lipinski definition) is 2. The van der Waals surface area contributed by atoms with Crippen LogP contribution in [-0.4, -0.2) is 59.3 Å². The molecule has 1 amide bonds. The monoisotopic (exact) mass is 425 g/mol. The third kappa shape index (κ3) is 6.46. The van der Waals surface area contributed by atoms with Crippen molar-refractivity contribution in [3.8, 4) is 0 Å². The smallest absolute Gasteiger partial charge is 0.328 e. The molecule has 2 N–H and O–H groups in total. The summed E-state index contributed by atoms with van der Waals surface area (Å²) in [6.07, 6.45) is 5.19. The Kier molecular flexibility index (Phi) is 9.17. The maximum absolute atomic E-state index is 12.4. The van der Waals surface area contributed by atoms with Crippen LogP contribution in [0.25, 0.3) is 10.9 Å². The summed E-state index contributed by atoms with van der Waals surface area (Å²) in [4.78, 5) is 29.7. The number of carbonyl (C=O) groups is 2. The quantitative estimate of drug-likeness (QED) is 0.329. The number of hydrogen-bond acceptors (Lipinski definition) is 4. The van der Waals surface area contributed by atoms with E-state index in [4.69, 9.17) is 27.9 Å². The first-order chi connectivity index (χ1) is 13.6. The second kappa shape index (κ2) is 11.6. The number of aromatic amines is 1. The van der Waals surface area contributed by atoms with Gasteiger partial charge < -0.3 is 19.9 Å². The molecule has 2 aromatic rings. The van der Waals surface area contributed by atoms with Crippen LogP contribution >= 0.6 is 23.2 Å². The molecule has 1 aromatic carbocycles. The molecule has 0 aliphatic carbocycles. The molecule has 0 bridgehead atoms. The Morgan fingerprint density at radius 3 is 2.64 bits per heavy atom. The van der Waals surface area contributed by atoms with Gasteiger partial charge >= 0.3 is 5.97 Å². The summed E-state index contributed by atoms with van der Waals surface area (Å²) in [5.41, 5.74) is 1.91. The predicted octanol–water partition coefficient (Wildman–Crippen LogP) is 3.05. The number of halogens is 2. The summed E-state index contributed by atoms with van der Waals surface area (Å²) in [7, 11) is 0. The van der Waals surface area contributed by atoms with Crippen molar-refractivity contribution >= 4 is 46.0 Å². The van der Waals surface area contributed by atoms with Crippen molar-refractivity contribution < 1.29 is 14.3 Å². The maximum atomic E-state index is 12.4. The Labute approximate surface area is 174 Å². The zero-order valence-electron chi connectivity index (χ0n) is 15.8. The number of esters is 1. The number of alkyl halides is 2. The summed E-state index contributed by atoms with van der Waals surface area (Å²) in [5.74, 6) is 0.00364. The van der Waals surface area contributed by atoms with E-state index in [1.807, 2.05) is 35.4 Å². The molecular formula is C20H25Cl2N3O3. The molecule has 0 aliphatic heterocycles. The molecule has 0 saturated heterocycles. The summed E-state index contributed by atoms with van der Waals surface area (Å²) >= 11 is 11.5. The summed E-state index contributed by atoms with van der Waals surface area (Å²) in [5, 5.41) is 3.75. The van der Waals surface area contributed by atoms with Gasteiger partial charge in [-0.05, 0) is 18.6 Å². The van der Waals surface area contributed by atoms with E-state index in [1.54, 1.807) is 13.1 Å². The molecule has 0 spiro atoms. The van der Waals surface area contributed by atoms with Crippen molar-refractivity contribution in [3.05, 3.63) is 48.3 Å². The molecule has 1 aromatic heterocycles. The summed E-state index contributed by atoms with van der Waals surface area (Å²) < 4.78 is 5.14. The van der Waals surface area contributed by atoms with E-state index < -0.39 is 12.0 Å². The SMILES string of the molecule is CCOC(=O)[C@@H](Cc1c[nH]c2ccccc12)NC(=O)/C=C/N(CCCl)CCCl. The molecule has 2 rings (SSSR count). The van der Waals surface area contributed by atoms with Gasteiger partial charge in [-0.1, -0.05) is 18.2 Å². The fourth-order valence-electron chi connectivity index (χ4n) is 2.83. The Bertz CT molecular complexity index is 801. The molecule has 1 heterocycles. The Morgan fingerprint density at radius 1 is 1.25 bits per heavy atom. The molecule has 0 saturated carbocycles. The van der Waals surface area contributed by atoms with Crippen LogP contribution in [0.15, 0.2) is 42.7 Å².